The van der Waals surface area contributed by atoms with Crippen molar-refractivity contribution >= 4 is 11.8 Å². The number of carbonyl (C=O) groups is 2. The van der Waals surface area contributed by atoms with Gasteiger partial charge in [-0.1, -0.05) is 0 Å². The number of carboxylic acids is 1. The summed E-state index contributed by atoms with van der Waals surface area (Å²) in [5.41, 5.74) is -0.726. The molecule has 1 N–H and O–H groups in total. The summed E-state index contributed by atoms with van der Waals surface area (Å²) in [5, 5.41) is 8.21. The molecule has 0 aliphatic rings. The lowest BCUT2D eigenvalue weighted by atomic mass is 10.1. The maximum Gasteiger partial charge on any atom is 0.328 e. The largest absolute Gasteiger partial charge is 0.478 e. The number of aliphatic carboxylic acids is 1. The van der Waals surface area contributed by atoms with Gasteiger partial charge in [0.1, 0.15) is 5.82 Å². The van der Waals surface area contributed by atoms with Crippen molar-refractivity contribution in [3.63, 3.8) is 0 Å². The summed E-state index contributed by atoms with van der Waals surface area (Å²) in [6.07, 6.45) is 1.03. The number of benzene rings is 1. The highest BCUT2D eigenvalue weighted by Gasteiger charge is 2.14. The van der Waals surface area contributed by atoms with Crippen molar-refractivity contribution in [1.29, 1.82) is 0 Å². The average molecular weight is 230 g/mol. The third-order valence-electron chi connectivity index (χ3n) is 1.65. The van der Waals surface area contributed by atoms with Gasteiger partial charge in [0.05, 0.1) is 5.56 Å². The van der Waals surface area contributed by atoms with Crippen molar-refractivity contribution in [1.82, 2.24) is 0 Å². The summed E-state index contributed by atoms with van der Waals surface area (Å²) >= 11 is 0. The van der Waals surface area contributed by atoms with Crippen LogP contribution in [-0.4, -0.2) is 16.9 Å². The van der Waals surface area contributed by atoms with Crippen LogP contribution in [0.3, 0.4) is 0 Å². The summed E-state index contributed by atoms with van der Waals surface area (Å²) in [4.78, 5) is 21.2. The maximum absolute atomic E-state index is 13.0. The van der Waals surface area contributed by atoms with Gasteiger partial charge in [-0.3, -0.25) is 4.79 Å². The number of carbonyl (C=O) groups excluding carboxylic acids is 1. The summed E-state index contributed by atoms with van der Waals surface area (Å²) in [7, 11) is 0. The van der Waals surface area contributed by atoms with Gasteiger partial charge in [-0.25, -0.2) is 18.0 Å². The van der Waals surface area contributed by atoms with Crippen LogP contribution in [0.1, 0.15) is 10.4 Å². The smallest absolute Gasteiger partial charge is 0.328 e. The first kappa shape index (κ1) is 12.0. The van der Waals surface area contributed by atoms with E-state index in [1.807, 2.05) is 0 Å². The zero-order chi connectivity index (χ0) is 12.3. The summed E-state index contributed by atoms with van der Waals surface area (Å²) in [5.74, 6) is -6.51. The van der Waals surface area contributed by atoms with Crippen LogP contribution in [-0.2, 0) is 4.79 Å². The van der Waals surface area contributed by atoms with Crippen LogP contribution in [0.4, 0.5) is 13.2 Å². The molecule has 0 saturated carbocycles. The topological polar surface area (TPSA) is 54.4 Å². The first-order chi connectivity index (χ1) is 7.41. The van der Waals surface area contributed by atoms with E-state index in [4.69, 9.17) is 5.11 Å². The Bertz CT molecular complexity index is 480. The highest BCUT2D eigenvalue weighted by atomic mass is 19.2. The second kappa shape index (κ2) is 4.61. The van der Waals surface area contributed by atoms with E-state index in [-0.39, 0.29) is 6.07 Å². The predicted molar refractivity (Wildman–Crippen MR) is 47.4 cm³/mol. The Morgan fingerprint density at radius 1 is 1.00 bits per heavy atom. The molecule has 0 unspecified atom stereocenters. The molecule has 0 atom stereocenters. The Kier molecular flexibility index (Phi) is 3.44. The Morgan fingerprint density at radius 2 is 1.56 bits per heavy atom. The van der Waals surface area contributed by atoms with Crippen LogP contribution in [0, 0.1) is 17.5 Å². The molecule has 16 heavy (non-hydrogen) atoms. The van der Waals surface area contributed by atoms with E-state index in [1.165, 1.54) is 0 Å². The molecule has 0 heterocycles. The Morgan fingerprint density at radius 3 is 2.12 bits per heavy atom. The zero-order valence-corrected chi connectivity index (χ0v) is 7.71. The van der Waals surface area contributed by atoms with Gasteiger partial charge in [0, 0.05) is 12.1 Å². The van der Waals surface area contributed by atoms with E-state index in [0.29, 0.717) is 18.2 Å². The molecule has 0 aromatic heterocycles. The number of carboxylic acid groups (broad SMARTS) is 1. The van der Waals surface area contributed by atoms with Crippen molar-refractivity contribution in [3.8, 4) is 0 Å². The minimum absolute atomic E-state index is 0.219. The molecule has 1 aromatic carbocycles. The standard InChI is InChI=1S/C10H5F3O3/c11-6-4-8(13)7(12)3-5(6)9(14)1-2-10(15)16/h1-4H,(H,15,16). The van der Waals surface area contributed by atoms with E-state index in [9.17, 15) is 22.8 Å². The SMILES string of the molecule is O=C(O)C=CC(=O)c1cc(F)c(F)cc1F. The number of hydrogen-bond acceptors (Lipinski definition) is 2. The molecule has 1 aromatic rings. The fourth-order valence-corrected chi connectivity index (χ4v) is 0.948. The molecule has 0 fully saturated rings. The molecule has 0 spiro atoms. The van der Waals surface area contributed by atoms with Crippen LogP contribution < -0.4 is 0 Å². The van der Waals surface area contributed by atoms with E-state index in [1.54, 1.807) is 0 Å². The highest BCUT2D eigenvalue weighted by Crippen LogP contribution is 2.14. The quantitative estimate of drug-likeness (QED) is 0.490. The van der Waals surface area contributed by atoms with Gasteiger partial charge in [-0.2, -0.15) is 0 Å². The normalized spacial score (nSPS) is 10.7. The zero-order valence-electron chi connectivity index (χ0n) is 7.71. The molecule has 1 rings (SSSR count). The molecule has 0 aliphatic heterocycles. The first-order valence-corrected chi connectivity index (χ1v) is 4.01. The molecule has 0 aliphatic carbocycles. The van der Waals surface area contributed by atoms with Gasteiger partial charge < -0.3 is 5.11 Å². The van der Waals surface area contributed by atoms with Crippen molar-refractivity contribution in [2.45, 2.75) is 0 Å². The number of hydrogen-bond donors (Lipinski definition) is 1. The van der Waals surface area contributed by atoms with E-state index in [2.05, 4.69) is 0 Å². The van der Waals surface area contributed by atoms with E-state index < -0.39 is 34.8 Å². The van der Waals surface area contributed by atoms with Crippen LogP contribution in [0.15, 0.2) is 24.3 Å². The van der Waals surface area contributed by atoms with Crippen molar-refractivity contribution in [2.24, 2.45) is 0 Å². The predicted octanol–water partition coefficient (Wildman–Crippen LogP) is 1.93. The minimum atomic E-state index is -1.42. The molecule has 84 valence electrons. The molecule has 0 amide bonds. The van der Waals surface area contributed by atoms with Gasteiger partial charge in [0.25, 0.3) is 0 Å². The third kappa shape index (κ3) is 2.69. The first-order valence-electron chi connectivity index (χ1n) is 4.01. The second-order valence-corrected chi connectivity index (χ2v) is 2.78. The highest BCUT2D eigenvalue weighted by molar-refractivity contribution is 6.06. The van der Waals surface area contributed by atoms with Crippen molar-refractivity contribution in [3.05, 3.63) is 47.3 Å². The molecular weight excluding hydrogens is 225 g/mol. The second-order valence-electron chi connectivity index (χ2n) is 2.78. The van der Waals surface area contributed by atoms with Gasteiger partial charge in [-0.05, 0) is 12.1 Å². The fourth-order valence-electron chi connectivity index (χ4n) is 0.948. The molecule has 0 saturated heterocycles. The van der Waals surface area contributed by atoms with Gasteiger partial charge in [0.15, 0.2) is 17.4 Å². The van der Waals surface area contributed by atoms with Crippen LogP contribution in [0.25, 0.3) is 0 Å². The van der Waals surface area contributed by atoms with Crippen LogP contribution in [0.5, 0.6) is 0 Å². The number of halogens is 3. The number of allylic oxidation sites excluding steroid dienone is 1. The lowest BCUT2D eigenvalue weighted by Crippen LogP contribution is -2.02. The van der Waals surface area contributed by atoms with Crippen molar-refractivity contribution in [2.75, 3.05) is 0 Å². The lowest BCUT2D eigenvalue weighted by molar-refractivity contribution is -0.131. The van der Waals surface area contributed by atoms with E-state index >= 15 is 0 Å². The van der Waals surface area contributed by atoms with Gasteiger partial charge >= 0.3 is 5.97 Å². The average Bonchev–Trinajstić information content (AvgIpc) is 2.20. The summed E-state index contributed by atoms with van der Waals surface area (Å²) in [6.45, 7) is 0. The van der Waals surface area contributed by atoms with E-state index in [0.717, 1.165) is 0 Å². The molecule has 0 bridgehead atoms. The van der Waals surface area contributed by atoms with Gasteiger partial charge in [0.2, 0.25) is 0 Å². The Hall–Kier alpha value is -2.11. The minimum Gasteiger partial charge on any atom is -0.478 e. The monoisotopic (exact) mass is 230 g/mol. The van der Waals surface area contributed by atoms with Crippen LogP contribution >= 0.6 is 0 Å². The maximum atomic E-state index is 13.0. The molecule has 6 heteroatoms. The fraction of sp³-hybridized carbons (Fsp3) is 0. The summed E-state index contributed by atoms with van der Waals surface area (Å²) in [6, 6.07) is 0.594. The number of ketones is 1. The molecule has 3 nitrogen and oxygen atoms in total. The number of rotatable bonds is 3. The Labute approximate surface area is 87.8 Å². The third-order valence-corrected chi connectivity index (χ3v) is 1.65. The van der Waals surface area contributed by atoms with Gasteiger partial charge in [-0.15, -0.1) is 0 Å². The lowest BCUT2D eigenvalue weighted by Gasteiger charge is -1.99. The Balaban J connectivity index is 3.09. The summed E-state index contributed by atoms with van der Waals surface area (Å²) < 4.78 is 38.2. The molecular formula is C10H5F3O3. The van der Waals surface area contributed by atoms with Crippen molar-refractivity contribution < 1.29 is 27.9 Å². The molecule has 0 radical (unpaired) electrons. The van der Waals surface area contributed by atoms with Crippen LogP contribution in [0.2, 0.25) is 0 Å².